The first kappa shape index (κ1) is 20.1. The summed E-state index contributed by atoms with van der Waals surface area (Å²) in [5.41, 5.74) is 2.43. The highest BCUT2D eigenvalue weighted by molar-refractivity contribution is 7.16. The predicted octanol–water partition coefficient (Wildman–Crippen LogP) is 5.02. The van der Waals surface area contributed by atoms with E-state index in [0.717, 1.165) is 16.0 Å². The van der Waals surface area contributed by atoms with Gasteiger partial charge in [-0.25, -0.2) is 4.98 Å². The lowest BCUT2D eigenvalue weighted by Crippen LogP contribution is -2.12. The third kappa shape index (κ3) is 4.68. The number of halogens is 2. The summed E-state index contributed by atoms with van der Waals surface area (Å²) in [6, 6.07) is 11.9. The van der Waals surface area contributed by atoms with Gasteiger partial charge < -0.3 is 19.5 Å². The highest BCUT2D eigenvalue weighted by atomic mass is 32.1. The van der Waals surface area contributed by atoms with Crippen LogP contribution in [0.25, 0.3) is 11.3 Å². The van der Waals surface area contributed by atoms with E-state index in [1.165, 1.54) is 23.5 Å². The quantitative estimate of drug-likeness (QED) is 0.568. The van der Waals surface area contributed by atoms with Crippen LogP contribution < -0.4 is 19.5 Å². The summed E-state index contributed by atoms with van der Waals surface area (Å²) >= 11 is 1.36. The number of carbonyl (C=O) groups excluding carboxylic acids is 1. The van der Waals surface area contributed by atoms with Gasteiger partial charge in [-0.1, -0.05) is 6.07 Å². The van der Waals surface area contributed by atoms with Crippen LogP contribution in [0, 0.1) is 6.92 Å². The van der Waals surface area contributed by atoms with Crippen LogP contribution >= 0.6 is 11.3 Å². The van der Waals surface area contributed by atoms with E-state index in [9.17, 15) is 13.6 Å². The average molecular weight is 432 g/mol. The lowest BCUT2D eigenvalue weighted by molar-refractivity contribution is -0.116. The van der Waals surface area contributed by atoms with E-state index in [1.54, 1.807) is 12.1 Å². The molecule has 2 aromatic carbocycles. The topological polar surface area (TPSA) is 69.7 Å². The molecule has 1 aliphatic heterocycles. The Morgan fingerprint density at radius 3 is 2.73 bits per heavy atom. The molecular weight excluding hydrogens is 414 g/mol. The molecule has 0 unspecified atom stereocenters. The largest absolute Gasteiger partial charge is 0.454 e. The molecule has 0 radical (unpaired) electrons. The molecule has 1 aliphatic rings. The molecule has 0 atom stereocenters. The maximum atomic E-state index is 12.3. The number of hydrogen-bond donors (Lipinski definition) is 1. The van der Waals surface area contributed by atoms with Crippen LogP contribution in [0.1, 0.15) is 16.9 Å². The summed E-state index contributed by atoms with van der Waals surface area (Å²) in [6.07, 6.45) is 0.860. The van der Waals surface area contributed by atoms with E-state index in [1.807, 2.05) is 25.1 Å². The summed E-state index contributed by atoms with van der Waals surface area (Å²) in [4.78, 5) is 17.7. The Morgan fingerprint density at radius 1 is 1.20 bits per heavy atom. The van der Waals surface area contributed by atoms with Crippen molar-refractivity contribution in [3.8, 4) is 28.5 Å². The fourth-order valence-electron chi connectivity index (χ4n) is 3.05. The van der Waals surface area contributed by atoms with Gasteiger partial charge in [0.1, 0.15) is 5.75 Å². The van der Waals surface area contributed by atoms with Gasteiger partial charge in [0.15, 0.2) is 16.6 Å². The average Bonchev–Trinajstić information content (AvgIpc) is 3.32. The van der Waals surface area contributed by atoms with E-state index >= 15 is 0 Å². The number of rotatable bonds is 7. The highest BCUT2D eigenvalue weighted by Gasteiger charge is 2.15. The molecule has 3 aromatic rings. The minimum absolute atomic E-state index is 0.0821. The minimum Gasteiger partial charge on any atom is -0.454 e. The minimum atomic E-state index is -2.86. The molecule has 1 aromatic heterocycles. The first-order valence-electron chi connectivity index (χ1n) is 9.19. The molecule has 0 spiro atoms. The number of hydrogen-bond acceptors (Lipinski definition) is 6. The van der Waals surface area contributed by atoms with Gasteiger partial charge in [0.25, 0.3) is 0 Å². The molecule has 1 N–H and O–H groups in total. The number of thiazole rings is 1. The summed E-state index contributed by atoms with van der Waals surface area (Å²) in [6.45, 7) is -0.762. The van der Waals surface area contributed by atoms with Crippen molar-refractivity contribution in [2.24, 2.45) is 0 Å². The molecule has 0 bridgehead atoms. The number of amides is 1. The van der Waals surface area contributed by atoms with E-state index in [-0.39, 0.29) is 18.4 Å². The smallest absolute Gasteiger partial charge is 0.387 e. The molecule has 1 amide bonds. The Labute approximate surface area is 175 Å². The van der Waals surface area contributed by atoms with Crippen molar-refractivity contribution in [1.29, 1.82) is 0 Å². The van der Waals surface area contributed by atoms with E-state index in [4.69, 9.17) is 9.47 Å². The van der Waals surface area contributed by atoms with Crippen molar-refractivity contribution in [2.45, 2.75) is 26.4 Å². The highest BCUT2D eigenvalue weighted by Crippen LogP contribution is 2.33. The third-order valence-electron chi connectivity index (χ3n) is 4.47. The van der Waals surface area contributed by atoms with Crippen LogP contribution in [0.2, 0.25) is 0 Å². The maximum absolute atomic E-state index is 12.3. The van der Waals surface area contributed by atoms with Crippen molar-refractivity contribution in [2.75, 3.05) is 12.1 Å². The second-order valence-electron chi connectivity index (χ2n) is 6.56. The maximum Gasteiger partial charge on any atom is 0.387 e. The number of anilines is 1. The fraction of sp³-hybridized carbons (Fsp3) is 0.238. The van der Waals surface area contributed by atoms with Gasteiger partial charge >= 0.3 is 6.61 Å². The first-order chi connectivity index (χ1) is 14.5. The van der Waals surface area contributed by atoms with Crippen molar-refractivity contribution in [3.05, 3.63) is 52.9 Å². The number of nitrogens with one attached hydrogen (secondary N) is 1. The second kappa shape index (κ2) is 8.66. The summed E-state index contributed by atoms with van der Waals surface area (Å²) in [5.74, 6) is 1.34. The molecular formula is C21H18F2N2O4S. The third-order valence-corrected chi connectivity index (χ3v) is 5.36. The zero-order valence-corrected chi connectivity index (χ0v) is 16.8. The monoisotopic (exact) mass is 432 g/mol. The van der Waals surface area contributed by atoms with Crippen LogP contribution in [-0.4, -0.2) is 24.3 Å². The zero-order chi connectivity index (χ0) is 21.1. The molecule has 6 nitrogen and oxygen atoms in total. The van der Waals surface area contributed by atoms with Crippen molar-refractivity contribution >= 4 is 22.4 Å². The second-order valence-corrected chi connectivity index (χ2v) is 7.77. The van der Waals surface area contributed by atoms with Gasteiger partial charge in [0, 0.05) is 16.9 Å². The lowest BCUT2D eigenvalue weighted by Gasteiger charge is -2.05. The predicted molar refractivity (Wildman–Crippen MR) is 108 cm³/mol. The molecule has 0 saturated carbocycles. The standard InChI is InChI=1S/C21H18F2N2O4S/c1-12-19(14-4-6-15(7-5-14)29-20(22)23)25-21(30-12)24-18(26)9-3-13-2-8-16-17(10-13)28-11-27-16/h2,4-8,10,20H,3,9,11H2,1H3,(H,24,25,26). The Balaban J connectivity index is 1.36. The number of fused-ring (bicyclic) bond motifs is 1. The van der Waals surface area contributed by atoms with Crippen LogP contribution in [0.4, 0.5) is 13.9 Å². The van der Waals surface area contributed by atoms with Gasteiger partial charge in [0.05, 0.1) is 5.69 Å². The number of alkyl halides is 2. The first-order valence-corrected chi connectivity index (χ1v) is 10.0. The van der Waals surface area contributed by atoms with Crippen LogP contribution in [0.15, 0.2) is 42.5 Å². The Hall–Kier alpha value is -3.20. The number of ether oxygens (including phenoxy) is 3. The molecule has 156 valence electrons. The molecule has 30 heavy (non-hydrogen) atoms. The van der Waals surface area contributed by atoms with Gasteiger partial charge in [-0.05, 0) is 55.3 Å². The van der Waals surface area contributed by atoms with E-state index in [0.29, 0.717) is 35.2 Å². The number of aryl methyl sites for hydroxylation is 2. The molecule has 0 fully saturated rings. The SMILES string of the molecule is Cc1sc(NC(=O)CCc2ccc3c(c2)OCO3)nc1-c1ccc(OC(F)F)cc1. The van der Waals surface area contributed by atoms with Gasteiger partial charge in [-0.15, -0.1) is 11.3 Å². The molecule has 0 saturated heterocycles. The number of benzene rings is 2. The molecule has 2 heterocycles. The van der Waals surface area contributed by atoms with Crippen molar-refractivity contribution in [1.82, 2.24) is 4.98 Å². The number of carbonyl (C=O) groups is 1. The summed E-state index contributed by atoms with van der Waals surface area (Å²) < 4.78 is 39.5. The fourth-order valence-corrected chi connectivity index (χ4v) is 3.90. The van der Waals surface area contributed by atoms with E-state index < -0.39 is 6.61 Å². The van der Waals surface area contributed by atoms with Crippen LogP contribution in [0.5, 0.6) is 17.2 Å². The van der Waals surface area contributed by atoms with Crippen molar-refractivity contribution < 1.29 is 27.8 Å². The summed E-state index contributed by atoms with van der Waals surface area (Å²) in [5, 5.41) is 3.31. The molecule has 0 aliphatic carbocycles. The number of aromatic nitrogens is 1. The van der Waals surface area contributed by atoms with E-state index in [2.05, 4.69) is 15.0 Å². The van der Waals surface area contributed by atoms with Crippen LogP contribution in [-0.2, 0) is 11.2 Å². The Bertz CT molecular complexity index is 1050. The molecule has 9 heteroatoms. The Morgan fingerprint density at radius 2 is 1.97 bits per heavy atom. The van der Waals surface area contributed by atoms with Gasteiger partial charge in [-0.2, -0.15) is 8.78 Å². The zero-order valence-electron chi connectivity index (χ0n) is 16.0. The number of nitrogens with zero attached hydrogens (tertiary/aromatic N) is 1. The van der Waals surface area contributed by atoms with Gasteiger partial charge in [0.2, 0.25) is 12.7 Å². The normalized spacial score (nSPS) is 12.3. The van der Waals surface area contributed by atoms with Gasteiger partial charge in [-0.3, -0.25) is 4.79 Å². The Kier molecular flexibility index (Phi) is 5.80. The molecule has 4 rings (SSSR count). The van der Waals surface area contributed by atoms with Crippen LogP contribution in [0.3, 0.4) is 0 Å². The van der Waals surface area contributed by atoms with Crippen molar-refractivity contribution in [3.63, 3.8) is 0 Å². The lowest BCUT2D eigenvalue weighted by atomic mass is 10.1. The summed E-state index contributed by atoms with van der Waals surface area (Å²) in [7, 11) is 0.